The Hall–Kier alpha value is -2.27. The molecule has 2 rings (SSSR count). The van der Waals surface area contributed by atoms with Gasteiger partial charge in [-0.3, -0.25) is 4.72 Å². The summed E-state index contributed by atoms with van der Waals surface area (Å²) in [5.74, 6) is 0.511. The van der Waals surface area contributed by atoms with Gasteiger partial charge in [-0.15, -0.1) is 0 Å². The molecule has 0 aliphatic rings. The molecule has 110 valence electrons. The van der Waals surface area contributed by atoms with Crippen LogP contribution in [0.3, 0.4) is 0 Å². The van der Waals surface area contributed by atoms with Gasteiger partial charge < -0.3 is 4.74 Å². The number of hydrogen-bond acceptors (Lipinski definition) is 3. The van der Waals surface area contributed by atoms with Crippen LogP contribution in [0.25, 0.3) is 6.08 Å². The molecule has 0 aromatic heterocycles. The van der Waals surface area contributed by atoms with Gasteiger partial charge in [0.1, 0.15) is 5.75 Å². The average Bonchev–Trinajstić information content (AvgIpc) is 2.48. The zero-order valence-corrected chi connectivity index (χ0v) is 12.5. The molecule has 0 bridgehead atoms. The summed E-state index contributed by atoms with van der Waals surface area (Å²) in [5, 5.41) is 1.14. The number of benzene rings is 2. The molecule has 4 nitrogen and oxygen atoms in total. The largest absolute Gasteiger partial charge is 0.492 e. The molecule has 2 aromatic rings. The van der Waals surface area contributed by atoms with Gasteiger partial charge >= 0.3 is 0 Å². The summed E-state index contributed by atoms with van der Waals surface area (Å²) < 4.78 is 32.0. The van der Waals surface area contributed by atoms with Crippen molar-refractivity contribution in [3.05, 3.63) is 65.6 Å². The Labute approximate surface area is 125 Å². The highest BCUT2D eigenvalue weighted by Crippen LogP contribution is 2.25. The first-order chi connectivity index (χ1) is 10.1. The Morgan fingerprint density at radius 3 is 2.43 bits per heavy atom. The first kappa shape index (κ1) is 15.1. The zero-order chi connectivity index (χ0) is 15.1. The molecule has 2 aromatic carbocycles. The van der Waals surface area contributed by atoms with E-state index in [1.165, 1.54) is 0 Å². The topological polar surface area (TPSA) is 55.4 Å². The fourth-order valence-corrected chi connectivity index (χ4v) is 2.63. The lowest BCUT2D eigenvalue weighted by atomic mass is 10.2. The first-order valence-corrected chi connectivity index (χ1v) is 8.13. The highest BCUT2D eigenvalue weighted by atomic mass is 32.2. The van der Waals surface area contributed by atoms with E-state index in [1.54, 1.807) is 30.3 Å². The third kappa shape index (κ3) is 4.65. The molecule has 0 saturated heterocycles. The molecule has 0 unspecified atom stereocenters. The predicted molar refractivity (Wildman–Crippen MR) is 85.6 cm³/mol. The molecule has 1 N–H and O–H groups in total. The molecule has 0 aliphatic heterocycles. The molecule has 5 heteroatoms. The molecular formula is C16H17NO3S. The van der Waals surface area contributed by atoms with Crippen LogP contribution < -0.4 is 9.46 Å². The lowest BCUT2D eigenvalue weighted by Crippen LogP contribution is -2.10. The molecular weight excluding hydrogens is 286 g/mol. The number of anilines is 1. The SMILES string of the molecule is CCOc1ccccc1NS(=O)(=O)/C=C/c1ccccc1. The summed E-state index contributed by atoms with van der Waals surface area (Å²) in [5.41, 5.74) is 1.25. The van der Waals surface area contributed by atoms with E-state index in [4.69, 9.17) is 4.74 Å². The van der Waals surface area contributed by atoms with Gasteiger partial charge in [-0.2, -0.15) is 0 Å². The van der Waals surface area contributed by atoms with E-state index in [9.17, 15) is 8.42 Å². The smallest absolute Gasteiger partial charge is 0.255 e. The summed E-state index contributed by atoms with van der Waals surface area (Å²) >= 11 is 0. The number of nitrogens with one attached hydrogen (secondary N) is 1. The number of sulfonamides is 1. The molecule has 0 heterocycles. The van der Waals surface area contributed by atoms with E-state index >= 15 is 0 Å². The van der Waals surface area contributed by atoms with Crippen LogP contribution in [0.5, 0.6) is 5.75 Å². The highest BCUT2D eigenvalue weighted by molar-refractivity contribution is 7.95. The van der Waals surface area contributed by atoms with Gasteiger partial charge in [0.2, 0.25) is 0 Å². The quantitative estimate of drug-likeness (QED) is 0.888. The second kappa shape index (κ2) is 6.95. The van der Waals surface area contributed by atoms with Crippen LogP contribution >= 0.6 is 0 Å². The summed E-state index contributed by atoms with van der Waals surface area (Å²) in [6, 6.07) is 16.2. The van der Waals surface area contributed by atoms with Crippen LogP contribution in [0.1, 0.15) is 12.5 Å². The molecule has 0 fully saturated rings. The second-order valence-corrected chi connectivity index (χ2v) is 5.86. The second-order valence-electron chi connectivity index (χ2n) is 4.29. The van der Waals surface area contributed by atoms with Crippen LogP contribution in [0, 0.1) is 0 Å². The van der Waals surface area contributed by atoms with Gasteiger partial charge in [-0.25, -0.2) is 8.42 Å². The van der Waals surface area contributed by atoms with Crippen molar-refractivity contribution in [3.8, 4) is 5.75 Å². The van der Waals surface area contributed by atoms with Gasteiger partial charge in [0.05, 0.1) is 17.7 Å². The van der Waals surface area contributed by atoms with Crippen molar-refractivity contribution in [1.29, 1.82) is 0 Å². The van der Waals surface area contributed by atoms with Crippen molar-refractivity contribution in [2.24, 2.45) is 0 Å². The van der Waals surface area contributed by atoms with Crippen molar-refractivity contribution in [2.75, 3.05) is 11.3 Å². The maximum atomic E-state index is 12.1. The fourth-order valence-electron chi connectivity index (χ4n) is 1.75. The molecule has 21 heavy (non-hydrogen) atoms. The van der Waals surface area contributed by atoms with Crippen molar-refractivity contribution in [3.63, 3.8) is 0 Å². The minimum Gasteiger partial charge on any atom is -0.492 e. The molecule has 0 radical (unpaired) electrons. The number of rotatable bonds is 6. The molecule has 0 aliphatic carbocycles. The summed E-state index contributed by atoms with van der Waals surface area (Å²) in [7, 11) is -3.58. The third-order valence-corrected chi connectivity index (χ3v) is 3.68. The Morgan fingerprint density at radius 1 is 1.05 bits per heavy atom. The maximum Gasteiger partial charge on any atom is 0.255 e. The Balaban J connectivity index is 2.16. The molecule has 0 saturated carbocycles. The first-order valence-electron chi connectivity index (χ1n) is 6.58. The van der Waals surface area contributed by atoms with E-state index in [2.05, 4.69) is 4.72 Å². The number of para-hydroxylation sites is 2. The number of hydrogen-bond donors (Lipinski definition) is 1. The van der Waals surface area contributed by atoms with Crippen LogP contribution in [-0.4, -0.2) is 15.0 Å². The molecule has 0 atom stereocenters. The van der Waals surface area contributed by atoms with Crippen molar-refractivity contribution >= 4 is 21.8 Å². The maximum absolute atomic E-state index is 12.1. The van der Waals surface area contributed by atoms with Crippen molar-refractivity contribution in [1.82, 2.24) is 0 Å². The van der Waals surface area contributed by atoms with E-state index in [0.29, 0.717) is 18.0 Å². The molecule has 0 spiro atoms. The zero-order valence-electron chi connectivity index (χ0n) is 11.7. The predicted octanol–water partition coefficient (Wildman–Crippen LogP) is 3.50. The van der Waals surface area contributed by atoms with Gasteiger partial charge in [-0.05, 0) is 30.7 Å². The van der Waals surface area contributed by atoms with Crippen LogP contribution in [-0.2, 0) is 10.0 Å². The van der Waals surface area contributed by atoms with Crippen LogP contribution in [0.2, 0.25) is 0 Å². The van der Waals surface area contributed by atoms with Crippen molar-refractivity contribution < 1.29 is 13.2 Å². The Bertz CT molecular complexity index is 709. The third-order valence-electron chi connectivity index (χ3n) is 2.68. The summed E-state index contributed by atoms with van der Waals surface area (Å²) in [4.78, 5) is 0. The van der Waals surface area contributed by atoms with Crippen LogP contribution in [0.15, 0.2) is 60.0 Å². The Kier molecular flexibility index (Phi) is 5.00. The van der Waals surface area contributed by atoms with Crippen molar-refractivity contribution in [2.45, 2.75) is 6.92 Å². The normalized spacial score (nSPS) is 11.5. The lowest BCUT2D eigenvalue weighted by Gasteiger charge is -2.10. The van der Waals surface area contributed by atoms with E-state index in [0.717, 1.165) is 11.0 Å². The van der Waals surface area contributed by atoms with Gasteiger partial charge in [0.25, 0.3) is 10.0 Å². The minimum absolute atomic E-state index is 0.428. The van der Waals surface area contributed by atoms with E-state index in [1.807, 2.05) is 37.3 Å². The standard InChI is InChI=1S/C16H17NO3S/c1-2-20-16-11-7-6-10-15(16)17-21(18,19)13-12-14-8-4-3-5-9-14/h3-13,17H,2H2,1H3/b13-12+. The van der Waals surface area contributed by atoms with Gasteiger partial charge in [0.15, 0.2) is 0 Å². The lowest BCUT2D eigenvalue weighted by molar-refractivity contribution is 0.342. The van der Waals surface area contributed by atoms with Gasteiger partial charge in [-0.1, -0.05) is 42.5 Å². The van der Waals surface area contributed by atoms with Crippen LogP contribution in [0.4, 0.5) is 5.69 Å². The summed E-state index contributed by atoms with van der Waals surface area (Å²) in [6.45, 7) is 2.32. The minimum atomic E-state index is -3.58. The average molecular weight is 303 g/mol. The number of ether oxygens (including phenoxy) is 1. The monoisotopic (exact) mass is 303 g/mol. The van der Waals surface area contributed by atoms with E-state index < -0.39 is 10.0 Å². The fraction of sp³-hybridized carbons (Fsp3) is 0.125. The highest BCUT2D eigenvalue weighted by Gasteiger charge is 2.09. The van der Waals surface area contributed by atoms with E-state index in [-0.39, 0.29) is 0 Å². The molecule has 0 amide bonds. The van der Waals surface area contributed by atoms with Gasteiger partial charge in [0, 0.05) is 0 Å². The Morgan fingerprint density at radius 2 is 1.71 bits per heavy atom. The summed E-state index contributed by atoms with van der Waals surface area (Å²) in [6.07, 6.45) is 1.55.